The van der Waals surface area contributed by atoms with Gasteiger partial charge in [-0.2, -0.15) is 0 Å². The van der Waals surface area contributed by atoms with E-state index >= 15 is 0 Å². The largest absolute Gasteiger partial charge is 0.355 e. The average molecular weight is 361 g/mol. The Morgan fingerprint density at radius 3 is 2.59 bits per heavy atom. The molecule has 1 saturated carbocycles. The Balaban J connectivity index is 1.74. The van der Waals surface area contributed by atoms with Gasteiger partial charge in [-0.1, -0.05) is 44.0 Å². The van der Waals surface area contributed by atoms with E-state index in [1.54, 1.807) is 0 Å². The molecule has 1 atom stereocenters. The number of hydrogen-bond donors (Lipinski definition) is 1. The zero-order valence-electron chi connectivity index (χ0n) is 9.46. The number of carbonyl (C=O) groups is 1. The van der Waals surface area contributed by atoms with Crippen molar-refractivity contribution in [2.24, 2.45) is 5.92 Å². The molecule has 0 aromatic heterocycles. The van der Waals surface area contributed by atoms with Crippen molar-refractivity contribution in [3.05, 3.63) is 34.3 Å². The molecule has 1 amide bonds. The van der Waals surface area contributed by atoms with Gasteiger partial charge in [0.2, 0.25) is 5.91 Å². The summed E-state index contributed by atoms with van der Waals surface area (Å²) in [6.45, 7) is 0.736. The lowest BCUT2D eigenvalue weighted by Crippen LogP contribution is -2.31. The lowest BCUT2D eigenvalue weighted by atomic mass is 10.1. The first kappa shape index (κ1) is 13.1. The second-order valence-electron chi connectivity index (χ2n) is 4.46. The summed E-state index contributed by atoms with van der Waals surface area (Å²) in [5.74, 6) is 0.861. The lowest BCUT2D eigenvalue weighted by Gasteiger charge is -2.10. The highest BCUT2D eigenvalue weighted by Crippen LogP contribution is 2.36. The monoisotopic (exact) mass is 359 g/mol. The predicted molar refractivity (Wildman–Crippen MR) is 76.3 cm³/mol. The van der Waals surface area contributed by atoms with Gasteiger partial charge < -0.3 is 5.32 Å². The topological polar surface area (TPSA) is 29.1 Å². The molecule has 0 heterocycles. The maximum Gasteiger partial charge on any atom is 0.224 e. The zero-order valence-corrected chi connectivity index (χ0v) is 12.6. The summed E-state index contributed by atoms with van der Waals surface area (Å²) in [7, 11) is 0. The maximum absolute atomic E-state index is 11.7. The fourth-order valence-electron chi connectivity index (χ4n) is 1.69. The Hall–Kier alpha value is -0.350. The van der Waals surface area contributed by atoms with Gasteiger partial charge in [-0.25, -0.2) is 0 Å². The van der Waals surface area contributed by atoms with Crippen LogP contribution in [0.1, 0.15) is 18.4 Å². The number of rotatable bonds is 5. The van der Waals surface area contributed by atoms with Crippen molar-refractivity contribution in [1.82, 2.24) is 5.32 Å². The van der Waals surface area contributed by atoms with E-state index in [4.69, 9.17) is 0 Å². The van der Waals surface area contributed by atoms with Crippen molar-refractivity contribution >= 4 is 37.8 Å². The van der Waals surface area contributed by atoms with Crippen LogP contribution >= 0.6 is 31.9 Å². The van der Waals surface area contributed by atoms with E-state index in [-0.39, 0.29) is 5.91 Å². The Bertz CT molecular complexity index is 387. The molecule has 1 aromatic rings. The van der Waals surface area contributed by atoms with Crippen LogP contribution in [0.2, 0.25) is 0 Å². The Morgan fingerprint density at radius 1 is 1.35 bits per heavy atom. The van der Waals surface area contributed by atoms with Crippen LogP contribution in [0.15, 0.2) is 28.7 Å². The molecule has 17 heavy (non-hydrogen) atoms. The molecular formula is C13H15Br2NO. The molecule has 1 N–H and O–H groups in total. The zero-order chi connectivity index (χ0) is 12.3. The molecular weight excluding hydrogens is 346 g/mol. The van der Waals surface area contributed by atoms with Gasteiger partial charge in [0.05, 0.1) is 6.42 Å². The van der Waals surface area contributed by atoms with Crippen LogP contribution in [-0.2, 0) is 11.2 Å². The average Bonchev–Trinajstić information content (AvgIpc) is 3.13. The predicted octanol–water partition coefficient (Wildman–Crippen LogP) is 3.28. The first-order valence-electron chi connectivity index (χ1n) is 5.80. The Morgan fingerprint density at radius 2 is 2.00 bits per heavy atom. The van der Waals surface area contributed by atoms with Gasteiger partial charge in [-0.3, -0.25) is 4.79 Å². The molecule has 1 aromatic carbocycles. The molecule has 1 aliphatic rings. The molecule has 0 bridgehead atoms. The normalized spacial score (nSPS) is 16.6. The van der Waals surface area contributed by atoms with Gasteiger partial charge in [-0.15, -0.1) is 0 Å². The summed E-state index contributed by atoms with van der Waals surface area (Å²) in [5.41, 5.74) is 1.04. The number of amides is 1. The van der Waals surface area contributed by atoms with E-state index in [1.165, 1.54) is 12.8 Å². The minimum absolute atomic E-state index is 0.0948. The van der Waals surface area contributed by atoms with Gasteiger partial charge in [0.1, 0.15) is 0 Å². The Labute approximate surface area is 118 Å². The van der Waals surface area contributed by atoms with Crippen molar-refractivity contribution in [3.8, 4) is 0 Å². The number of hydrogen-bond acceptors (Lipinski definition) is 1. The van der Waals surface area contributed by atoms with Crippen molar-refractivity contribution in [2.75, 3.05) is 6.54 Å². The van der Waals surface area contributed by atoms with Gasteiger partial charge in [-0.05, 0) is 36.5 Å². The van der Waals surface area contributed by atoms with Crippen LogP contribution in [-0.4, -0.2) is 17.3 Å². The van der Waals surface area contributed by atoms with Crippen LogP contribution in [0.4, 0.5) is 0 Å². The van der Waals surface area contributed by atoms with Gasteiger partial charge in [0.15, 0.2) is 0 Å². The minimum atomic E-state index is 0.0948. The van der Waals surface area contributed by atoms with Crippen LogP contribution in [0.25, 0.3) is 0 Å². The molecule has 92 valence electrons. The maximum atomic E-state index is 11.7. The molecule has 1 fully saturated rings. The van der Waals surface area contributed by atoms with Crippen molar-refractivity contribution in [3.63, 3.8) is 0 Å². The number of nitrogens with one attached hydrogen (secondary N) is 1. The number of alkyl halides is 1. The quantitative estimate of drug-likeness (QED) is 0.802. The number of halogens is 2. The summed E-state index contributed by atoms with van der Waals surface area (Å²) < 4.78 is 1.04. The third-order valence-electron chi connectivity index (χ3n) is 2.91. The van der Waals surface area contributed by atoms with E-state index in [0.717, 1.165) is 22.5 Å². The standard InChI is InChI=1S/C13H15Br2NO/c14-11-5-1-9(2-6-11)7-13(17)16-8-12(15)10-3-4-10/h1-2,5-6,10,12H,3-4,7-8H2,(H,16,17). The molecule has 0 saturated heterocycles. The van der Waals surface area contributed by atoms with Crippen LogP contribution in [0.5, 0.6) is 0 Å². The summed E-state index contributed by atoms with van der Waals surface area (Å²) in [6.07, 6.45) is 3.04. The first-order valence-corrected chi connectivity index (χ1v) is 7.51. The van der Waals surface area contributed by atoms with Crippen molar-refractivity contribution in [1.29, 1.82) is 0 Å². The molecule has 0 aliphatic heterocycles. The molecule has 1 aliphatic carbocycles. The van der Waals surface area contributed by atoms with Crippen molar-refractivity contribution < 1.29 is 4.79 Å². The van der Waals surface area contributed by atoms with E-state index < -0.39 is 0 Å². The second kappa shape index (κ2) is 6.01. The third-order valence-corrected chi connectivity index (χ3v) is 4.51. The van der Waals surface area contributed by atoms with Gasteiger partial charge in [0, 0.05) is 15.8 Å². The number of carbonyl (C=O) groups excluding carboxylic acids is 1. The lowest BCUT2D eigenvalue weighted by molar-refractivity contribution is -0.120. The SMILES string of the molecule is O=C(Cc1ccc(Br)cc1)NCC(Br)C1CC1. The second-order valence-corrected chi connectivity index (χ2v) is 6.55. The highest BCUT2D eigenvalue weighted by Gasteiger charge is 2.29. The molecule has 0 spiro atoms. The van der Waals surface area contributed by atoms with Crippen molar-refractivity contribution in [2.45, 2.75) is 24.1 Å². The number of benzene rings is 1. The highest BCUT2D eigenvalue weighted by molar-refractivity contribution is 9.10. The van der Waals surface area contributed by atoms with E-state index in [1.807, 2.05) is 24.3 Å². The highest BCUT2D eigenvalue weighted by atomic mass is 79.9. The summed E-state index contributed by atoms with van der Waals surface area (Å²) >= 11 is 6.98. The smallest absolute Gasteiger partial charge is 0.224 e. The minimum Gasteiger partial charge on any atom is -0.355 e. The van der Waals surface area contributed by atoms with Gasteiger partial charge >= 0.3 is 0 Å². The van der Waals surface area contributed by atoms with E-state index in [2.05, 4.69) is 37.2 Å². The summed E-state index contributed by atoms with van der Waals surface area (Å²) in [5, 5.41) is 2.97. The summed E-state index contributed by atoms with van der Waals surface area (Å²) in [4.78, 5) is 12.1. The van der Waals surface area contributed by atoms with Crippen LogP contribution in [0, 0.1) is 5.92 Å². The van der Waals surface area contributed by atoms with Crippen LogP contribution in [0.3, 0.4) is 0 Å². The fourth-order valence-corrected chi connectivity index (χ4v) is 2.64. The van der Waals surface area contributed by atoms with Crippen LogP contribution < -0.4 is 5.32 Å². The first-order chi connectivity index (χ1) is 8.15. The fraction of sp³-hybridized carbons (Fsp3) is 0.462. The molecule has 1 unspecified atom stereocenters. The summed E-state index contributed by atoms with van der Waals surface area (Å²) in [6, 6.07) is 7.85. The Kier molecular flexibility index (Phi) is 4.62. The molecule has 2 nitrogen and oxygen atoms in total. The third kappa shape index (κ3) is 4.43. The molecule has 4 heteroatoms. The molecule has 2 rings (SSSR count). The van der Waals surface area contributed by atoms with Gasteiger partial charge in [0.25, 0.3) is 0 Å². The van der Waals surface area contributed by atoms with E-state index in [0.29, 0.717) is 11.2 Å². The molecule has 0 radical (unpaired) electrons. The van der Waals surface area contributed by atoms with E-state index in [9.17, 15) is 4.79 Å².